The molecular formula is C12H12N2O3S. The van der Waals surface area contributed by atoms with Gasteiger partial charge in [-0.2, -0.15) is 0 Å². The van der Waals surface area contributed by atoms with Crippen molar-refractivity contribution < 1.29 is 15.0 Å². The summed E-state index contributed by atoms with van der Waals surface area (Å²) in [5, 5.41) is 21.8. The lowest BCUT2D eigenvalue weighted by Crippen LogP contribution is -2.58. The number of ketones is 1. The van der Waals surface area contributed by atoms with E-state index in [2.05, 4.69) is 0 Å². The third-order valence-corrected chi connectivity index (χ3v) is 4.44. The molecule has 94 valence electrons. The molecule has 1 heterocycles. The van der Waals surface area contributed by atoms with E-state index >= 15 is 0 Å². The van der Waals surface area contributed by atoms with Crippen LogP contribution in [0.25, 0.3) is 0 Å². The van der Waals surface area contributed by atoms with E-state index in [1.807, 2.05) is 0 Å². The molecule has 1 saturated heterocycles. The van der Waals surface area contributed by atoms with Gasteiger partial charge in [0.25, 0.3) is 5.72 Å². The van der Waals surface area contributed by atoms with Gasteiger partial charge in [0.05, 0.1) is 0 Å². The quantitative estimate of drug-likeness (QED) is 0.637. The van der Waals surface area contributed by atoms with Crippen molar-refractivity contribution >= 4 is 23.1 Å². The highest BCUT2D eigenvalue weighted by atomic mass is 32.1. The minimum absolute atomic E-state index is 0.225. The van der Waals surface area contributed by atoms with Gasteiger partial charge in [-0.05, 0) is 12.2 Å². The second-order valence-electron chi connectivity index (χ2n) is 4.62. The predicted molar refractivity (Wildman–Crippen MR) is 67.7 cm³/mol. The van der Waals surface area contributed by atoms with E-state index in [9.17, 15) is 15.0 Å². The summed E-state index contributed by atoms with van der Waals surface area (Å²) in [6.07, 6.45) is 0. The molecule has 2 N–H and O–H groups in total. The molecule has 2 unspecified atom stereocenters. The van der Waals surface area contributed by atoms with Crippen LogP contribution in [0.3, 0.4) is 0 Å². The van der Waals surface area contributed by atoms with Gasteiger partial charge in [-0.3, -0.25) is 4.79 Å². The largest absolute Gasteiger partial charge is 0.363 e. The Morgan fingerprint density at radius 3 is 2.33 bits per heavy atom. The fraction of sp³-hybridized carbons (Fsp3) is 0.333. The number of benzene rings is 1. The molecule has 0 saturated carbocycles. The van der Waals surface area contributed by atoms with Crippen molar-refractivity contribution in [2.75, 3.05) is 14.1 Å². The molecule has 2 atom stereocenters. The lowest BCUT2D eigenvalue weighted by atomic mass is 9.99. The van der Waals surface area contributed by atoms with Gasteiger partial charge in [0, 0.05) is 25.2 Å². The average molecular weight is 264 g/mol. The molecule has 0 spiro atoms. The topological polar surface area (TPSA) is 64.0 Å². The number of Topliss-reactive ketones (excluding diaryl/α,β-unsaturated/α-hetero) is 1. The van der Waals surface area contributed by atoms with E-state index in [-0.39, 0.29) is 5.11 Å². The highest BCUT2D eigenvalue weighted by Gasteiger charge is 2.72. The monoisotopic (exact) mass is 264 g/mol. The normalized spacial score (nSPS) is 34.0. The molecule has 0 aromatic heterocycles. The van der Waals surface area contributed by atoms with E-state index in [4.69, 9.17) is 12.2 Å². The fourth-order valence-corrected chi connectivity index (χ4v) is 3.09. The third-order valence-electron chi connectivity index (χ3n) is 3.89. The molecule has 5 nitrogen and oxygen atoms in total. The Hall–Kier alpha value is -1.50. The molecule has 0 amide bonds. The van der Waals surface area contributed by atoms with Crippen molar-refractivity contribution in [2.24, 2.45) is 0 Å². The minimum Gasteiger partial charge on any atom is -0.363 e. The molecule has 3 rings (SSSR count). The second-order valence-corrected chi connectivity index (χ2v) is 4.98. The van der Waals surface area contributed by atoms with Gasteiger partial charge in [0.2, 0.25) is 11.5 Å². The number of likely N-dealkylation sites (N-methyl/N-ethyl adjacent to an activating group) is 2. The van der Waals surface area contributed by atoms with E-state index in [1.54, 1.807) is 31.3 Å². The van der Waals surface area contributed by atoms with E-state index in [1.165, 1.54) is 16.8 Å². The van der Waals surface area contributed by atoms with Gasteiger partial charge in [-0.15, -0.1) is 0 Å². The number of aliphatic hydroxyl groups is 2. The average Bonchev–Trinajstić information content (AvgIpc) is 2.65. The number of rotatable bonds is 0. The molecule has 18 heavy (non-hydrogen) atoms. The first-order valence-electron chi connectivity index (χ1n) is 5.47. The lowest BCUT2D eigenvalue weighted by molar-refractivity contribution is -0.192. The number of carbonyl (C=O) groups excluding carboxylic acids is 1. The van der Waals surface area contributed by atoms with Gasteiger partial charge < -0.3 is 20.0 Å². The van der Waals surface area contributed by atoms with Crippen molar-refractivity contribution in [1.82, 2.24) is 9.80 Å². The fourth-order valence-electron chi connectivity index (χ4n) is 2.82. The Kier molecular flexibility index (Phi) is 1.99. The van der Waals surface area contributed by atoms with E-state index in [0.29, 0.717) is 11.1 Å². The van der Waals surface area contributed by atoms with Crippen LogP contribution >= 0.6 is 12.2 Å². The maximum Gasteiger partial charge on any atom is 0.258 e. The highest BCUT2D eigenvalue weighted by molar-refractivity contribution is 7.80. The Bertz CT molecular complexity index is 590. The van der Waals surface area contributed by atoms with Crippen LogP contribution < -0.4 is 0 Å². The zero-order valence-corrected chi connectivity index (χ0v) is 10.7. The summed E-state index contributed by atoms with van der Waals surface area (Å²) >= 11 is 5.12. The molecule has 1 aliphatic heterocycles. The number of hydrogen-bond acceptors (Lipinski definition) is 4. The summed E-state index contributed by atoms with van der Waals surface area (Å²) in [7, 11) is 3.06. The van der Waals surface area contributed by atoms with Crippen molar-refractivity contribution in [3.8, 4) is 0 Å². The van der Waals surface area contributed by atoms with Gasteiger partial charge in [-0.1, -0.05) is 24.3 Å². The molecule has 0 bridgehead atoms. The van der Waals surface area contributed by atoms with Gasteiger partial charge in [-0.25, -0.2) is 0 Å². The molecule has 1 aromatic carbocycles. The second kappa shape index (κ2) is 3.09. The zero-order chi connectivity index (χ0) is 13.3. The van der Waals surface area contributed by atoms with E-state index in [0.717, 1.165) is 0 Å². The van der Waals surface area contributed by atoms with Gasteiger partial charge >= 0.3 is 0 Å². The predicted octanol–water partition coefficient (Wildman–Crippen LogP) is -0.121. The van der Waals surface area contributed by atoms with Crippen LogP contribution in [0.2, 0.25) is 0 Å². The van der Waals surface area contributed by atoms with Gasteiger partial charge in [0.1, 0.15) is 0 Å². The van der Waals surface area contributed by atoms with Crippen molar-refractivity contribution in [3.05, 3.63) is 35.4 Å². The SMILES string of the molecule is CN1C(=S)N(C)C2(O)c3ccccc3C(=O)C12O. The Morgan fingerprint density at radius 1 is 1.11 bits per heavy atom. The summed E-state index contributed by atoms with van der Waals surface area (Å²) in [5.74, 6) is -0.533. The molecule has 2 aliphatic rings. The standard InChI is InChI=1S/C12H12N2O3S/c1-13-10(18)14(2)12(17)9(15)7-5-3-4-6-8(7)11(12,13)16/h3-6,16-17H,1-2H3. The number of carbonyl (C=O) groups is 1. The Morgan fingerprint density at radius 2 is 1.67 bits per heavy atom. The summed E-state index contributed by atoms with van der Waals surface area (Å²) in [4.78, 5) is 15.0. The molecule has 1 fully saturated rings. The Balaban J connectivity index is 2.38. The molecule has 6 heteroatoms. The summed E-state index contributed by atoms with van der Waals surface area (Å²) < 4.78 is 0. The number of fused-ring (bicyclic) bond motifs is 3. The summed E-state index contributed by atoms with van der Waals surface area (Å²) in [6.45, 7) is 0. The third kappa shape index (κ3) is 0.890. The molecule has 1 aromatic rings. The van der Waals surface area contributed by atoms with Crippen LogP contribution in [0.1, 0.15) is 15.9 Å². The number of nitrogens with zero attached hydrogens (tertiary/aromatic N) is 2. The van der Waals surface area contributed by atoms with Crippen LogP contribution in [-0.4, -0.2) is 50.7 Å². The summed E-state index contributed by atoms with van der Waals surface area (Å²) in [5.41, 5.74) is -3.18. The van der Waals surface area contributed by atoms with Crippen LogP contribution in [0.15, 0.2) is 24.3 Å². The molecule has 1 aliphatic carbocycles. The first-order chi connectivity index (χ1) is 8.36. The van der Waals surface area contributed by atoms with E-state index < -0.39 is 17.2 Å². The highest BCUT2D eigenvalue weighted by Crippen LogP contribution is 2.51. The molecule has 0 radical (unpaired) electrons. The van der Waals surface area contributed by atoms with Crippen LogP contribution in [0.4, 0.5) is 0 Å². The van der Waals surface area contributed by atoms with Crippen molar-refractivity contribution in [1.29, 1.82) is 0 Å². The maximum atomic E-state index is 12.4. The zero-order valence-electron chi connectivity index (χ0n) is 9.91. The number of thiocarbonyl (C=S) groups is 1. The van der Waals surface area contributed by atoms with Crippen LogP contribution in [0.5, 0.6) is 0 Å². The van der Waals surface area contributed by atoms with Crippen LogP contribution in [-0.2, 0) is 5.72 Å². The first kappa shape index (κ1) is 11.6. The minimum atomic E-state index is -2.05. The van der Waals surface area contributed by atoms with Gasteiger partial charge in [0.15, 0.2) is 5.11 Å². The lowest BCUT2D eigenvalue weighted by Gasteiger charge is -2.35. The Labute approximate surface area is 109 Å². The summed E-state index contributed by atoms with van der Waals surface area (Å²) in [6, 6.07) is 6.63. The first-order valence-corrected chi connectivity index (χ1v) is 5.88. The smallest absolute Gasteiger partial charge is 0.258 e. The van der Waals surface area contributed by atoms with Crippen molar-refractivity contribution in [2.45, 2.75) is 11.4 Å². The maximum absolute atomic E-state index is 12.4. The van der Waals surface area contributed by atoms with Crippen LogP contribution in [0, 0.1) is 0 Å². The molecular weight excluding hydrogens is 252 g/mol. The number of hydrogen-bond donors (Lipinski definition) is 2. The van der Waals surface area contributed by atoms with Crippen molar-refractivity contribution in [3.63, 3.8) is 0 Å².